The number of hydrogen-bond donors (Lipinski definition) is 2. The summed E-state index contributed by atoms with van der Waals surface area (Å²) >= 11 is 0. The van der Waals surface area contributed by atoms with E-state index in [-0.39, 0.29) is 25.9 Å². The van der Waals surface area contributed by atoms with Crippen LogP contribution in [-0.2, 0) is 42.2 Å². The summed E-state index contributed by atoms with van der Waals surface area (Å²) in [5.74, 6) is -1.44. The lowest BCUT2D eigenvalue weighted by atomic mass is 10.0. The molecule has 0 aliphatic rings. The van der Waals surface area contributed by atoms with Crippen LogP contribution in [0.5, 0.6) is 0 Å². The highest BCUT2D eigenvalue weighted by Crippen LogP contribution is 2.43. The van der Waals surface area contributed by atoms with Gasteiger partial charge in [0.05, 0.1) is 19.8 Å². The van der Waals surface area contributed by atoms with E-state index in [1.807, 2.05) is 0 Å². The zero-order valence-corrected chi connectivity index (χ0v) is 48.1. The largest absolute Gasteiger partial charge is 0.472 e. The number of aliphatic hydroxyl groups is 1. The zero-order valence-electron chi connectivity index (χ0n) is 47.2. The topological polar surface area (TPSA) is 155 Å². The molecule has 12 heteroatoms. The van der Waals surface area contributed by atoms with E-state index in [9.17, 15) is 28.9 Å². The van der Waals surface area contributed by atoms with E-state index in [1.54, 1.807) is 0 Å². The third-order valence-electron chi connectivity index (χ3n) is 13.7. The van der Waals surface area contributed by atoms with Gasteiger partial charge < -0.3 is 24.2 Å². The van der Waals surface area contributed by atoms with Gasteiger partial charge in [-0.05, 0) is 44.9 Å². The van der Waals surface area contributed by atoms with Gasteiger partial charge in [0.1, 0.15) is 12.7 Å². The minimum atomic E-state index is -4.74. The first kappa shape index (κ1) is 70.2. The van der Waals surface area contributed by atoms with Gasteiger partial charge in [-0.3, -0.25) is 23.4 Å². The summed E-state index contributed by atoms with van der Waals surface area (Å²) in [5.41, 5.74) is 0. The highest BCUT2D eigenvalue weighted by molar-refractivity contribution is 7.47. The van der Waals surface area contributed by atoms with Gasteiger partial charge in [-0.2, -0.15) is 0 Å². The van der Waals surface area contributed by atoms with Crippen LogP contribution in [0, 0.1) is 0 Å². The smallest absolute Gasteiger partial charge is 0.462 e. The maximum atomic E-state index is 12.9. The molecule has 0 aromatic rings. The average molecular weight is 1040 g/mol. The summed E-state index contributed by atoms with van der Waals surface area (Å²) in [7, 11) is -4.74. The molecule has 2 N–H and O–H groups in total. The minimum absolute atomic E-state index is 0.175. The number of phosphoric ester groups is 1. The molecular formula is C60H115O11P. The summed E-state index contributed by atoms with van der Waals surface area (Å²) in [4.78, 5) is 48.6. The second kappa shape index (κ2) is 55.5. The summed E-state index contributed by atoms with van der Waals surface area (Å²) in [6.07, 6.45) is 54.4. The van der Waals surface area contributed by atoms with Crippen molar-refractivity contribution < 1.29 is 52.2 Å². The fraction of sp³-hybridized carbons (Fsp3) is 0.917. The van der Waals surface area contributed by atoms with Crippen LogP contribution >= 0.6 is 7.82 Å². The third-order valence-corrected chi connectivity index (χ3v) is 14.6. The lowest BCUT2D eigenvalue weighted by Crippen LogP contribution is -2.30. The van der Waals surface area contributed by atoms with Crippen molar-refractivity contribution in [3.8, 4) is 0 Å². The summed E-state index contributed by atoms with van der Waals surface area (Å²) in [6, 6.07) is 0. The van der Waals surface area contributed by atoms with Gasteiger partial charge in [-0.25, -0.2) is 4.57 Å². The van der Waals surface area contributed by atoms with Gasteiger partial charge in [0, 0.05) is 19.3 Å². The van der Waals surface area contributed by atoms with E-state index in [4.69, 9.17) is 23.3 Å². The van der Waals surface area contributed by atoms with E-state index < -0.39 is 57.8 Å². The molecule has 0 amide bonds. The number of unbranched alkanes of at least 4 members (excludes halogenated alkanes) is 39. The molecule has 0 saturated carbocycles. The Morgan fingerprint density at radius 2 is 0.639 bits per heavy atom. The second-order valence-corrected chi connectivity index (χ2v) is 22.3. The first-order valence-electron chi connectivity index (χ1n) is 30.6. The number of aliphatic hydroxyl groups excluding tert-OH is 1. The Kier molecular flexibility index (Phi) is 54.1. The van der Waals surface area contributed by atoms with Crippen molar-refractivity contribution in [1.82, 2.24) is 0 Å². The molecule has 0 aromatic heterocycles. The Balaban J connectivity index is 4.66. The van der Waals surface area contributed by atoms with E-state index in [0.717, 1.165) is 64.2 Å². The van der Waals surface area contributed by atoms with Gasteiger partial charge >= 0.3 is 25.7 Å². The molecule has 72 heavy (non-hydrogen) atoms. The average Bonchev–Trinajstić information content (AvgIpc) is 3.37. The van der Waals surface area contributed by atoms with Gasteiger partial charge in [0.2, 0.25) is 0 Å². The van der Waals surface area contributed by atoms with Crippen LogP contribution in [-0.4, -0.2) is 66.5 Å². The minimum Gasteiger partial charge on any atom is -0.462 e. The van der Waals surface area contributed by atoms with Crippen LogP contribution in [0.25, 0.3) is 0 Å². The predicted molar refractivity (Wildman–Crippen MR) is 298 cm³/mol. The van der Waals surface area contributed by atoms with Gasteiger partial charge in [0.15, 0.2) is 6.10 Å². The summed E-state index contributed by atoms with van der Waals surface area (Å²) in [6.45, 7) is 4.71. The lowest BCUT2D eigenvalue weighted by molar-refractivity contribution is -0.161. The van der Waals surface area contributed by atoms with Crippen molar-refractivity contribution in [2.24, 2.45) is 0 Å². The number of rotatable bonds is 58. The van der Waals surface area contributed by atoms with Gasteiger partial charge in [-0.15, -0.1) is 0 Å². The van der Waals surface area contributed by atoms with Crippen molar-refractivity contribution in [2.45, 2.75) is 328 Å². The number of carbonyl (C=O) groups is 3. The molecule has 0 radical (unpaired) electrons. The number of esters is 3. The molecule has 0 saturated heterocycles. The van der Waals surface area contributed by atoms with E-state index in [0.29, 0.717) is 19.3 Å². The van der Waals surface area contributed by atoms with Crippen LogP contribution in [0.3, 0.4) is 0 Å². The van der Waals surface area contributed by atoms with Gasteiger partial charge in [-0.1, -0.05) is 264 Å². The Bertz CT molecular complexity index is 1260. The number of phosphoric acid groups is 1. The molecule has 0 aromatic carbocycles. The Hall–Kier alpha value is -1.78. The van der Waals surface area contributed by atoms with Crippen LogP contribution in [0.4, 0.5) is 0 Å². The predicted octanol–water partition coefficient (Wildman–Crippen LogP) is 18.0. The highest BCUT2D eigenvalue weighted by Gasteiger charge is 2.28. The summed E-state index contributed by atoms with van der Waals surface area (Å²) < 4.78 is 39.6. The third kappa shape index (κ3) is 53.1. The molecule has 0 fully saturated rings. The first-order chi connectivity index (χ1) is 35.2. The zero-order chi connectivity index (χ0) is 52.7. The normalized spacial score (nSPS) is 13.3. The van der Waals surface area contributed by atoms with Crippen LogP contribution in [0.15, 0.2) is 12.2 Å². The van der Waals surface area contributed by atoms with E-state index >= 15 is 0 Å². The standard InChI is InChI=1S/C60H115O11P/c1-4-7-10-13-16-19-22-25-27-28-30-32-34-37-40-43-46-49-58(62)67-53-57(71-60(64)51-48-45-42-39-36-33-29-26-23-20-17-14-11-8-5-2)55-69-72(65,66)68-54-56(52-61)70-59(63)50-47-44-41-38-35-31-24-21-18-15-12-9-6-3/h25,27,56-57,61H,4-24,26,28-55H2,1-3H3,(H,65,66)/b27-25-. The van der Waals surface area contributed by atoms with Crippen molar-refractivity contribution in [3.05, 3.63) is 12.2 Å². The molecule has 3 unspecified atom stereocenters. The molecule has 0 spiro atoms. The summed E-state index contributed by atoms with van der Waals surface area (Å²) in [5, 5.41) is 9.82. The van der Waals surface area contributed by atoms with Crippen molar-refractivity contribution in [1.29, 1.82) is 0 Å². The van der Waals surface area contributed by atoms with Gasteiger partial charge in [0.25, 0.3) is 0 Å². The second-order valence-electron chi connectivity index (χ2n) is 20.9. The fourth-order valence-corrected chi connectivity index (χ4v) is 9.78. The Labute approximate surface area is 443 Å². The maximum Gasteiger partial charge on any atom is 0.472 e. The van der Waals surface area contributed by atoms with Crippen molar-refractivity contribution >= 4 is 25.7 Å². The molecule has 0 rings (SSSR count). The van der Waals surface area contributed by atoms with E-state index in [1.165, 1.54) is 193 Å². The maximum absolute atomic E-state index is 12.9. The molecule has 0 bridgehead atoms. The highest BCUT2D eigenvalue weighted by atomic mass is 31.2. The quantitative estimate of drug-likeness (QED) is 0.0197. The Morgan fingerprint density at radius 1 is 0.375 bits per heavy atom. The molecule has 0 heterocycles. The number of carbonyl (C=O) groups excluding carboxylic acids is 3. The van der Waals surface area contributed by atoms with Crippen LogP contribution in [0.1, 0.15) is 316 Å². The van der Waals surface area contributed by atoms with Crippen LogP contribution < -0.4 is 0 Å². The fourth-order valence-electron chi connectivity index (χ4n) is 9.00. The van der Waals surface area contributed by atoms with Crippen LogP contribution in [0.2, 0.25) is 0 Å². The van der Waals surface area contributed by atoms with Crippen molar-refractivity contribution in [2.75, 3.05) is 26.4 Å². The lowest BCUT2D eigenvalue weighted by Gasteiger charge is -2.21. The molecule has 11 nitrogen and oxygen atoms in total. The first-order valence-corrected chi connectivity index (χ1v) is 32.1. The molecular weight excluding hydrogens is 928 g/mol. The molecule has 0 aliphatic carbocycles. The number of ether oxygens (including phenoxy) is 3. The number of allylic oxidation sites excluding steroid dienone is 2. The monoisotopic (exact) mass is 1040 g/mol. The molecule has 0 aliphatic heterocycles. The molecule has 426 valence electrons. The SMILES string of the molecule is CCCCCCCC/C=C\CCCCCCCCCC(=O)OCC(COP(=O)(O)OCC(CO)OC(=O)CCCCCCCCCCCCCCC)OC(=O)CCCCCCCCCCCCCCCCC. The van der Waals surface area contributed by atoms with Crippen molar-refractivity contribution in [3.63, 3.8) is 0 Å². The Morgan fingerprint density at radius 3 is 0.958 bits per heavy atom. The van der Waals surface area contributed by atoms with E-state index in [2.05, 4.69) is 32.9 Å². The number of hydrogen-bond acceptors (Lipinski definition) is 10. The molecule has 3 atom stereocenters.